The molecule has 0 unspecified atom stereocenters. The topological polar surface area (TPSA) is 9.23 Å². The normalized spacial score (nSPS) is 11.7. The highest BCUT2D eigenvalue weighted by atomic mass is 79.9. The smallest absolute Gasteiger partial charge is 0.0728 e. The molecular weight excluding hydrogens is 272 g/mol. The monoisotopic (exact) mass is 288 g/mol. The zero-order valence-corrected chi connectivity index (χ0v) is 11.6. The molecule has 0 fully saturated rings. The second-order valence-corrected chi connectivity index (χ2v) is 5.58. The average Bonchev–Trinajstić information content (AvgIpc) is 2.21. The maximum atomic E-state index is 5.68. The molecule has 1 aromatic carbocycles. The third-order valence-electron chi connectivity index (χ3n) is 2.14. The summed E-state index contributed by atoms with van der Waals surface area (Å²) in [5.74, 6) is 0.836. The number of halogens is 1. The van der Waals surface area contributed by atoms with Crippen molar-refractivity contribution in [1.29, 1.82) is 0 Å². The van der Waals surface area contributed by atoms with Crippen LogP contribution in [0, 0.1) is 5.41 Å². The highest BCUT2D eigenvalue weighted by Crippen LogP contribution is 2.20. The molecule has 0 amide bonds. The van der Waals surface area contributed by atoms with Gasteiger partial charge in [0.25, 0.3) is 0 Å². The predicted molar refractivity (Wildman–Crippen MR) is 71.4 cm³/mol. The van der Waals surface area contributed by atoms with Gasteiger partial charge in [-0.05, 0) is 22.8 Å². The second kappa shape index (κ2) is 5.92. The largest absolute Gasteiger partial charge is 0.376 e. The van der Waals surface area contributed by atoms with Gasteiger partial charge in [0.1, 0.15) is 0 Å². The summed E-state index contributed by atoms with van der Waals surface area (Å²) < 4.78 is 6.78. The molecule has 0 saturated heterocycles. The SMILES string of the molecule is CC(C)(CS)COCc1ccccc1Br. The van der Waals surface area contributed by atoms with Crippen molar-refractivity contribution in [3.63, 3.8) is 0 Å². The van der Waals surface area contributed by atoms with E-state index in [4.69, 9.17) is 4.74 Å². The number of ether oxygens (including phenoxy) is 1. The van der Waals surface area contributed by atoms with Crippen molar-refractivity contribution in [2.24, 2.45) is 5.41 Å². The van der Waals surface area contributed by atoms with Crippen LogP contribution in [-0.2, 0) is 11.3 Å². The van der Waals surface area contributed by atoms with Crippen molar-refractivity contribution in [2.75, 3.05) is 12.4 Å². The van der Waals surface area contributed by atoms with Crippen LogP contribution >= 0.6 is 28.6 Å². The first-order valence-electron chi connectivity index (χ1n) is 4.97. The van der Waals surface area contributed by atoms with Crippen molar-refractivity contribution in [2.45, 2.75) is 20.5 Å². The van der Waals surface area contributed by atoms with Crippen LogP contribution in [0.3, 0.4) is 0 Å². The van der Waals surface area contributed by atoms with E-state index in [1.807, 2.05) is 18.2 Å². The van der Waals surface area contributed by atoms with E-state index in [-0.39, 0.29) is 5.41 Å². The summed E-state index contributed by atoms with van der Waals surface area (Å²) in [5.41, 5.74) is 1.33. The number of benzene rings is 1. The molecule has 0 saturated carbocycles. The Morgan fingerprint density at radius 2 is 2.00 bits per heavy atom. The van der Waals surface area contributed by atoms with Gasteiger partial charge < -0.3 is 4.74 Å². The zero-order valence-electron chi connectivity index (χ0n) is 9.16. The Bertz CT molecular complexity index is 312. The minimum atomic E-state index is 0.143. The molecule has 0 aromatic heterocycles. The molecule has 1 rings (SSSR count). The van der Waals surface area contributed by atoms with Gasteiger partial charge in [0, 0.05) is 4.47 Å². The fourth-order valence-electron chi connectivity index (χ4n) is 1.10. The van der Waals surface area contributed by atoms with E-state index < -0.39 is 0 Å². The Morgan fingerprint density at radius 3 is 2.60 bits per heavy atom. The van der Waals surface area contributed by atoms with Crippen LogP contribution in [0.25, 0.3) is 0 Å². The first-order valence-corrected chi connectivity index (χ1v) is 6.40. The van der Waals surface area contributed by atoms with Crippen molar-refractivity contribution in [3.8, 4) is 0 Å². The predicted octanol–water partition coefficient (Wildman–Crippen LogP) is 3.92. The number of hydrogen-bond acceptors (Lipinski definition) is 2. The minimum Gasteiger partial charge on any atom is -0.376 e. The fraction of sp³-hybridized carbons (Fsp3) is 0.500. The van der Waals surface area contributed by atoms with E-state index in [0.29, 0.717) is 6.61 Å². The minimum absolute atomic E-state index is 0.143. The quantitative estimate of drug-likeness (QED) is 0.808. The fourth-order valence-corrected chi connectivity index (χ4v) is 1.59. The number of rotatable bonds is 5. The summed E-state index contributed by atoms with van der Waals surface area (Å²) in [7, 11) is 0. The van der Waals surface area contributed by atoms with Gasteiger partial charge in [-0.3, -0.25) is 0 Å². The second-order valence-electron chi connectivity index (χ2n) is 4.41. The molecule has 0 aliphatic rings. The molecule has 0 radical (unpaired) electrons. The Morgan fingerprint density at radius 1 is 1.33 bits per heavy atom. The summed E-state index contributed by atoms with van der Waals surface area (Å²) in [4.78, 5) is 0. The lowest BCUT2D eigenvalue weighted by molar-refractivity contribution is 0.0618. The van der Waals surface area contributed by atoms with Crippen LogP contribution < -0.4 is 0 Å². The molecule has 84 valence electrons. The molecule has 1 aromatic rings. The third-order valence-corrected chi connectivity index (χ3v) is 3.77. The molecule has 1 nitrogen and oxygen atoms in total. The lowest BCUT2D eigenvalue weighted by atomic mass is 9.98. The Balaban J connectivity index is 2.42. The van der Waals surface area contributed by atoms with Crippen molar-refractivity contribution < 1.29 is 4.74 Å². The average molecular weight is 289 g/mol. The molecule has 0 aliphatic heterocycles. The van der Waals surface area contributed by atoms with Gasteiger partial charge in [-0.1, -0.05) is 48.0 Å². The number of thiol groups is 1. The molecule has 15 heavy (non-hydrogen) atoms. The van der Waals surface area contributed by atoms with E-state index in [2.05, 4.69) is 48.5 Å². The van der Waals surface area contributed by atoms with Crippen LogP contribution in [0.1, 0.15) is 19.4 Å². The van der Waals surface area contributed by atoms with Crippen LogP contribution in [-0.4, -0.2) is 12.4 Å². The van der Waals surface area contributed by atoms with Gasteiger partial charge in [0.15, 0.2) is 0 Å². The summed E-state index contributed by atoms with van der Waals surface area (Å²) in [6.45, 7) is 5.69. The van der Waals surface area contributed by atoms with Gasteiger partial charge >= 0.3 is 0 Å². The highest BCUT2D eigenvalue weighted by molar-refractivity contribution is 9.10. The van der Waals surface area contributed by atoms with E-state index >= 15 is 0 Å². The van der Waals surface area contributed by atoms with Crippen LogP contribution in [0.15, 0.2) is 28.7 Å². The zero-order chi connectivity index (χ0) is 11.3. The van der Waals surface area contributed by atoms with Crippen molar-refractivity contribution in [1.82, 2.24) is 0 Å². The molecule has 0 bridgehead atoms. The van der Waals surface area contributed by atoms with Crippen molar-refractivity contribution >= 4 is 28.6 Å². The van der Waals surface area contributed by atoms with Crippen LogP contribution in [0.4, 0.5) is 0 Å². The standard InChI is InChI=1S/C12H17BrOS/c1-12(2,9-15)8-14-7-10-5-3-4-6-11(10)13/h3-6,15H,7-9H2,1-2H3. The lowest BCUT2D eigenvalue weighted by Gasteiger charge is -2.21. The first kappa shape index (κ1) is 13.1. The van der Waals surface area contributed by atoms with Gasteiger partial charge in [-0.25, -0.2) is 0 Å². The summed E-state index contributed by atoms with van der Waals surface area (Å²) in [6.07, 6.45) is 0. The molecule has 0 N–H and O–H groups in total. The summed E-state index contributed by atoms with van der Waals surface area (Å²) >= 11 is 7.79. The molecule has 0 atom stereocenters. The Hall–Kier alpha value is 0.01000. The Kier molecular flexibility index (Phi) is 5.16. The van der Waals surface area contributed by atoms with Gasteiger partial charge in [0.2, 0.25) is 0 Å². The van der Waals surface area contributed by atoms with Crippen LogP contribution in [0.2, 0.25) is 0 Å². The van der Waals surface area contributed by atoms with Gasteiger partial charge in [-0.2, -0.15) is 12.6 Å². The van der Waals surface area contributed by atoms with E-state index in [1.165, 1.54) is 5.56 Å². The van der Waals surface area contributed by atoms with Crippen molar-refractivity contribution in [3.05, 3.63) is 34.3 Å². The van der Waals surface area contributed by atoms with E-state index in [9.17, 15) is 0 Å². The van der Waals surface area contributed by atoms with E-state index in [1.54, 1.807) is 0 Å². The first-order chi connectivity index (χ1) is 7.05. The molecule has 3 heteroatoms. The molecule has 0 aliphatic carbocycles. The molecular formula is C12H17BrOS. The third kappa shape index (κ3) is 4.58. The maximum Gasteiger partial charge on any atom is 0.0728 e. The summed E-state index contributed by atoms with van der Waals surface area (Å²) in [5, 5.41) is 0. The maximum absolute atomic E-state index is 5.68. The molecule has 0 heterocycles. The molecule has 0 spiro atoms. The van der Waals surface area contributed by atoms with Gasteiger partial charge in [-0.15, -0.1) is 0 Å². The van der Waals surface area contributed by atoms with E-state index in [0.717, 1.165) is 16.8 Å². The summed E-state index contributed by atoms with van der Waals surface area (Å²) in [6, 6.07) is 8.12. The van der Waals surface area contributed by atoms with Crippen LogP contribution in [0.5, 0.6) is 0 Å². The highest BCUT2D eigenvalue weighted by Gasteiger charge is 2.15. The number of hydrogen-bond donors (Lipinski definition) is 1. The lowest BCUT2D eigenvalue weighted by Crippen LogP contribution is -2.21. The van der Waals surface area contributed by atoms with Gasteiger partial charge in [0.05, 0.1) is 13.2 Å². The Labute approximate surface area is 106 Å².